The van der Waals surface area contributed by atoms with Crippen LogP contribution in [0.3, 0.4) is 0 Å². The summed E-state index contributed by atoms with van der Waals surface area (Å²) in [5.41, 5.74) is 1.04. The van der Waals surface area contributed by atoms with Gasteiger partial charge in [-0.2, -0.15) is 0 Å². The van der Waals surface area contributed by atoms with Crippen LogP contribution < -0.4 is 5.32 Å². The van der Waals surface area contributed by atoms with Gasteiger partial charge in [-0.05, 0) is 35.9 Å². The van der Waals surface area contributed by atoms with Crippen LogP contribution in [0.2, 0.25) is 15.1 Å². The molecule has 0 heterocycles. The minimum atomic E-state index is -0.402. The van der Waals surface area contributed by atoms with Gasteiger partial charge < -0.3 is 5.32 Å². The number of rotatable bonds is 3. The Bertz CT molecular complexity index is 552. The van der Waals surface area contributed by atoms with Crippen molar-refractivity contribution in [3.05, 3.63) is 62.8 Å². The van der Waals surface area contributed by atoms with E-state index < -0.39 is 5.82 Å². The van der Waals surface area contributed by atoms with Crippen LogP contribution in [0, 0.1) is 5.82 Å². The number of anilines is 1. The third-order valence-corrected chi connectivity index (χ3v) is 3.34. The second-order valence-electron chi connectivity index (χ2n) is 3.69. The van der Waals surface area contributed by atoms with E-state index in [9.17, 15) is 4.39 Å². The molecule has 0 bridgehead atoms. The van der Waals surface area contributed by atoms with Gasteiger partial charge in [-0.1, -0.05) is 40.9 Å². The molecule has 1 nitrogen and oxygen atoms in total. The number of benzene rings is 2. The largest absolute Gasteiger partial charge is 0.377 e. The van der Waals surface area contributed by atoms with E-state index in [0.717, 1.165) is 5.56 Å². The van der Waals surface area contributed by atoms with Crippen LogP contribution in [0.1, 0.15) is 5.56 Å². The highest BCUT2D eigenvalue weighted by Crippen LogP contribution is 2.27. The number of para-hydroxylation sites is 1. The van der Waals surface area contributed by atoms with E-state index in [1.54, 1.807) is 30.3 Å². The number of hydrogen-bond acceptors (Lipinski definition) is 1. The molecule has 2 aromatic carbocycles. The van der Waals surface area contributed by atoms with E-state index in [2.05, 4.69) is 5.32 Å². The van der Waals surface area contributed by atoms with Crippen molar-refractivity contribution in [1.82, 2.24) is 0 Å². The summed E-state index contributed by atoms with van der Waals surface area (Å²) in [6.07, 6.45) is 0. The number of hydrogen-bond donors (Lipinski definition) is 1. The molecule has 0 saturated carbocycles. The fraction of sp³-hybridized carbons (Fsp3) is 0.0769. The Morgan fingerprint density at radius 3 is 2.50 bits per heavy atom. The standard InChI is InChI=1S/C13H9Cl3FN/c14-9-4-5-10(15)8(6-9)7-18-13-11(16)2-1-3-12(13)17/h1-6,18H,7H2. The molecule has 0 aliphatic rings. The van der Waals surface area contributed by atoms with Crippen LogP contribution in [-0.2, 0) is 6.54 Å². The Labute approximate surface area is 119 Å². The zero-order chi connectivity index (χ0) is 13.1. The Kier molecular flexibility index (Phi) is 4.33. The van der Waals surface area contributed by atoms with E-state index in [-0.39, 0.29) is 5.69 Å². The highest BCUT2D eigenvalue weighted by atomic mass is 35.5. The van der Waals surface area contributed by atoms with Crippen molar-refractivity contribution in [1.29, 1.82) is 0 Å². The molecule has 0 unspecified atom stereocenters. The molecule has 5 heteroatoms. The van der Waals surface area contributed by atoms with Gasteiger partial charge in [-0.15, -0.1) is 0 Å². The summed E-state index contributed by atoms with van der Waals surface area (Å²) in [5, 5.41) is 4.39. The fourth-order valence-corrected chi connectivity index (χ4v) is 2.14. The number of nitrogens with one attached hydrogen (secondary N) is 1. The average Bonchev–Trinajstić information content (AvgIpc) is 2.33. The van der Waals surface area contributed by atoms with Crippen LogP contribution in [0.5, 0.6) is 0 Å². The van der Waals surface area contributed by atoms with Gasteiger partial charge in [0.1, 0.15) is 5.82 Å². The molecule has 0 spiro atoms. The molecule has 0 aromatic heterocycles. The first-order valence-electron chi connectivity index (χ1n) is 5.20. The van der Waals surface area contributed by atoms with E-state index >= 15 is 0 Å². The van der Waals surface area contributed by atoms with Gasteiger partial charge in [0.15, 0.2) is 0 Å². The van der Waals surface area contributed by atoms with E-state index in [4.69, 9.17) is 34.8 Å². The van der Waals surface area contributed by atoms with Gasteiger partial charge in [0.2, 0.25) is 0 Å². The topological polar surface area (TPSA) is 12.0 Å². The molecule has 18 heavy (non-hydrogen) atoms. The van der Waals surface area contributed by atoms with Gasteiger partial charge in [0.05, 0.1) is 10.7 Å². The molecule has 0 saturated heterocycles. The quantitative estimate of drug-likeness (QED) is 0.800. The maximum Gasteiger partial charge on any atom is 0.147 e. The maximum absolute atomic E-state index is 13.5. The normalized spacial score (nSPS) is 10.4. The lowest BCUT2D eigenvalue weighted by Gasteiger charge is -2.10. The molecule has 0 fully saturated rings. The monoisotopic (exact) mass is 303 g/mol. The molecule has 2 aromatic rings. The molecular weight excluding hydrogens is 296 g/mol. The fourth-order valence-electron chi connectivity index (χ4n) is 1.53. The van der Waals surface area contributed by atoms with Crippen LogP contribution >= 0.6 is 34.8 Å². The maximum atomic E-state index is 13.5. The summed E-state index contributed by atoms with van der Waals surface area (Å²) in [4.78, 5) is 0. The van der Waals surface area contributed by atoms with Crippen molar-refractivity contribution in [3.63, 3.8) is 0 Å². The molecular formula is C13H9Cl3FN. The molecule has 94 valence electrons. The molecule has 2 rings (SSSR count). The molecule has 0 radical (unpaired) electrons. The third kappa shape index (κ3) is 3.08. The predicted octanol–water partition coefficient (Wildman–Crippen LogP) is 5.40. The summed E-state index contributed by atoms with van der Waals surface area (Å²) < 4.78 is 13.5. The lowest BCUT2D eigenvalue weighted by Crippen LogP contribution is -2.02. The van der Waals surface area contributed by atoms with E-state index in [1.165, 1.54) is 6.07 Å². The van der Waals surface area contributed by atoms with Crippen molar-refractivity contribution in [2.24, 2.45) is 0 Å². The highest BCUT2D eigenvalue weighted by molar-refractivity contribution is 6.34. The van der Waals surface area contributed by atoms with E-state index in [1.807, 2.05) is 0 Å². The van der Waals surface area contributed by atoms with Gasteiger partial charge in [-0.25, -0.2) is 4.39 Å². The predicted molar refractivity (Wildman–Crippen MR) is 75.2 cm³/mol. The number of halogens is 4. The van der Waals surface area contributed by atoms with Crippen LogP contribution in [0.4, 0.5) is 10.1 Å². The summed E-state index contributed by atoms with van der Waals surface area (Å²) in [6, 6.07) is 9.63. The molecule has 0 aliphatic heterocycles. The molecule has 0 atom stereocenters. The van der Waals surface area contributed by atoms with Crippen LogP contribution in [0.15, 0.2) is 36.4 Å². The molecule has 1 N–H and O–H groups in total. The lowest BCUT2D eigenvalue weighted by molar-refractivity contribution is 0.630. The van der Waals surface area contributed by atoms with Crippen LogP contribution in [-0.4, -0.2) is 0 Å². The summed E-state index contributed by atoms with van der Waals surface area (Å²) >= 11 is 17.8. The first kappa shape index (κ1) is 13.5. The van der Waals surface area contributed by atoms with Crippen molar-refractivity contribution < 1.29 is 4.39 Å². The summed E-state index contributed by atoms with van der Waals surface area (Å²) in [6.45, 7) is 0.347. The second-order valence-corrected chi connectivity index (χ2v) is 4.94. The SMILES string of the molecule is Fc1cccc(Cl)c1NCc1cc(Cl)ccc1Cl. The van der Waals surface area contributed by atoms with Crippen LogP contribution in [0.25, 0.3) is 0 Å². The van der Waals surface area contributed by atoms with Gasteiger partial charge in [0.25, 0.3) is 0 Å². The zero-order valence-electron chi connectivity index (χ0n) is 9.18. The lowest BCUT2D eigenvalue weighted by atomic mass is 10.2. The van der Waals surface area contributed by atoms with Crippen molar-refractivity contribution >= 4 is 40.5 Å². The van der Waals surface area contributed by atoms with Crippen molar-refractivity contribution in [2.45, 2.75) is 6.54 Å². The smallest absolute Gasteiger partial charge is 0.147 e. The average molecular weight is 305 g/mol. The Hall–Kier alpha value is -0.960. The Morgan fingerprint density at radius 1 is 1.00 bits per heavy atom. The van der Waals surface area contributed by atoms with Crippen molar-refractivity contribution in [2.75, 3.05) is 5.32 Å². The minimum absolute atomic E-state index is 0.259. The summed E-state index contributed by atoms with van der Waals surface area (Å²) in [5.74, 6) is -0.402. The van der Waals surface area contributed by atoms with E-state index in [0.29, 0.717) is 21.6 Å². The zero-order valence-corrected chi connectivity index (χ0v) is 11.5. The first-order chi connectivity index (χ1) is 8.58. The first-order valence-corrected chi connectivity index (χ1v) is 6.33. The summed E-state index contributed by atoms with van der Waals surface area (Å²) in [7, 11) is 0. The molecule has 0 aliphatic carbocycles. The van der Waals surface area contributed by atoms with Gasteiger partial charge >= 0.3 is 0 Å². The highest BCUT2D eigenvalue weighted by Gasteiger charge is 2.07. The third-order valence-electron chi connectivity index (χ3n) is 2.43. The van der Waals surface area contributed by atoms with Gasteiger partial charge in [0, 0.05) is 16.6 Å². The second kappa shape index (κ2) is 5.79. The minimum Gasteiger partial charge on any atom is -0.377 e. The molecule has 0 amide bonds. The Morgan fingerprint density at radius 2 is 1.78 bits per heavy atom. The van der Waals surface area contributed by atoms with Gasteiger partial charge in [-0.3, -0.25) is 0 Å². The Balaban J connectivity index is 2.19. The van der Waals surface area contributed by atoms with Crippen molar-refractivity contribution in [3.8, 4) is 0 Å².